The summed E-state index contributed by atoms with van der Waals surface area (Å²) in [4.78, 5) is 2.51. The molecule has 0 spiro atoms. The first kappa shape index (κ1) is 33.6. The Kier molecular flexibility index (Phi) is 7.77. The number of hydrogen-bond donors (Lipinski definition) is 0. The zero-order valence-electron chi connectivity index (χ0n) is 31.9. The fourth-order valence-corrected chi connectivity index (χ4v) is 10.4. The van der Waals surface area contributed by atoms with Crippen LogP contribution >= 0.6 is 11.3 Å². The summed E-state index contributed by atoms with van der Waals surface area (Å²) in [5, 5.41) is 5.23. The highest BCUT2D eigenvalue weighted by Gasteiger charge is 2.37. The van der Waals surface area contributed by atoms with Gasteiger partial charge in [-0.25, -0.2) is 0 Å². The molecule has 1 heterocycles. The molecule has 9 aromatic carbocycles. The SMILES string of the molecule is CC1(C)c2ccccc2-c2c(N(c3cc(-c4ccccc4)cc(-c4ccccc4)c3)c3cccc(-c4cccc5ccc6sc7ccccc7c6c45)c3)cccc21. The Balaban J connectivity index is 1.20. The highest BCUT2D eigenvalue weighted by molar-refractivity contribution is 7.26. The fraction of sp³-hybridized carbons (Fsp3) is 0.0545. The first-order chi connectivity index (χ1) is 28.0. The Hall–Kier alpha value is -6.74. The summed E-state index contributed by atoms with van der Waals surface area (Å²) in [6.45, 7) is 4.73. The minimum Gasteiger partial charge on any atom is -0.310 e. The maximum absolute atomic E-state index is 2.51. The van der Waals surface area contributed by atoms with Gasteiger partial charge in [-0.3, -0.25) is 0 Å². The second-order valence-electron chi connectivity index (χ2n) is 15.7. The quantitative estimate of drug-likeness (QED) is 0.164. The molecule has 0 unspecified atom stereocenters. The van der Waals surface area contributed by atoms with E-state index in [1.165, 1.54) is 92.3 Å². The number of thiophene rings is 1. The van der Waals surface area contributed by atoms with Crippen molar-refractivity contribution in [1.29, 1.82) is 0 Å². The van der Waals surface area contributed by atoms with E-state index in [2.05, 4.69) is 219 Å². The Labute approximate surface area is 337 Å². The average molecular weight is 746 g/mol. The normalized spacial score (nSPS) is 12.9. The number of fused-ring (bicyclic) bond motifs is 8. The van der Waals surface area contributed by atoms with Crippen LogP contribution in [-0.4, -0.2) is 0 Å². The Morgan fingerprint density at radius 3 is 1.81 bits per heavy atom. The average Bonchev–Trinajstić information content (AvgIpc) is 3.77. The van der Waals surface area contributed by atoms with Gasteiger partial charge in [0, 0.05) is 42.5 Å². The first-order valence-electron chi connectivity index (χ1n) is 19.8. The smallest absolute Gasteiger partial charge is 0.0543 e. The van der Waals surface area contributed by atoms with Gasteiger partial charge in [-0.1, -0.05) is 166 Å². The summed E-state index contributed by atoms with van der Waals surface area (Å²) < 4.78 is 2.64. The molecule has 11 rings (SSSR count). The number of anilines is 3. The summed E-state index contributed by atoms with van der Waals surface area (Å²) in [5.41, 5.74) is 15.8. The van der Waals surface area contributed by atoms with Crippen LogP contribution in [0, 0.1) is 0 Å². The van der Waals surface area contributed by atoms with Crippen LogP contribution in [0.5, 0.6) is 0 Å². The second-order valence-corrected chi connectivity index (χ2v) is 16.8. The van der Waals surface area contributed by atoms with E-state index in [0.29, 0.717) is 0 Å². The zero-order valence-corrected chi connectivity index (χ0v) is 32.7. The molecule has 0 saturated heterocycles. The van der Waals surface area contributed by atoms with Crippen LogP contribution in [0.4, 0.5) is 17.1 Å². The molecule has 1 aliphatic carbocycles. The molecule has 0 amide bonds. The van der Waals surface area contributed by atoms with E-state index in [1.54, 1.807) is 0 Å². The van der Waals surface area contributed by atoms with E-state index in [1.807, 2.05) is 11.3 Å². The molecule has 0 bridgehead atoms. The van der Waals surface area contributed by atoms with Crippen LogP contribution in [0.2, 0.25) is 0 Å². The molecule has 1 aromatic heterocycles. The molecule has 0 atom stereocenters. The maximum atomic E-state index is 2.51. The summed E-state index contributed by atoms with van der Waals surface area (Å²) in [7, 11) is 0. The van der Waals surface area contributed by atoms with Gasteiger partial charge < -0.3 is 4.90 Å². The van der Waals surface area contributed by atoms with Crippen molar-refractivity contribution in [3.8, 4) is 44.5 Å². The summed E-state index contributed by atoms with van der Waals surface area (Å²) in [6, 6.07) is 74.0. The lowest BCUT2D eigenvalue weighted by molar-refractivity contribution is 0.660. The molecule has 1 nitrogen and oxygen atoms in total. The Morgan fingerprint density at radius 1 is 0.404 bits per heavy atom. The van der Waals surface area contributed by atoms with Crippen LogP contribution in [0.3, 0.4) is 0 Å². The number of benzene rings is 9. The van der Waals surface area contributed by atoms with E-state index in [4.69, 9.17) is 0 Å². The second kappa shape index (κ2) is 13.2. The van der Waals surface area contributed by atoms with Crippen molar-refractivity contribution < 1.29 is 0 Å². The van der Waals surface area contributed by atoms with Crippen LogP contribution < -0.4 is 4.90 Å². The molecule has 270 valence electrons. The predicted molar refractivity (Wildman–Crippen MR) is 245 cm³/mol. The summed E-state index contributed by atoms with van der Waals surface area (Å²) >= 11 is 1.88. The lowest BCUT2D eigenvalue weighted by Crippen LogP contribution is -2.16. The minimum absolute atomic E-state index is 0.131. The first-order valence-corrected chi connectivity index (χ1v) is 20.6. The van der Waals surface area contributed by atoms with Gasteiger partial charge in [0.1, 0.15) is 0 Å². The molecule has 2 heteroatoms. The topological polar surface area (TPSA) is 3.24 Å². The molecular formula is C55H39NS. The highest BCUT2D eigenvalue weighted by atomic mass is 32.1. The van der Waals surface area contributed by atoms with Crippen LogP contribution in [0.1, 0.15) is 25.0 Å². The maximum Gasteiger partial charge on any atom is 0.0543 e. The van der Waals surface area contributed by atoms with Crippen LogP contribution in [0.25, 0.3) is 75.5 Å². The van der Waals surface area contributed by atoms with Gasteiger partial charge in [0.05, 0.1) is 5.69 Å². The molecule has 57 heavy (non-hydrogen) atoms. The van der Waals surface area contributed by atoms with E-state index in [-0.39, 0.29) is 5.41 Å². The van der Waals surface area contributed by atoms with Crippen molar-refractivity contribution in [2.45, 2.75) is 19.3 Å². The molecule has 0 radical (unpaired) electrons. The number of rotatable bonds is 6. The highest BCUT2D eigenvalue weighted by Crippen LogP contribution is 2.55. The van der Waals surface area contributed by atoms with Crippen molar-refractivity contribution in [1.82, 2.24) is 0 Å². The molecule has 1 aliphatic rings. The molecule has 0 N–H and O–H groups in total. The van der Waals surface area contributed by atoms with Crippen molar-refractivity contribution in [3.05, 3.63) is 211 Å². The zero-order chi connectivity index (χ0) is 38.1. The van der Waals surface area contributed by atoms with Gasteiger partial charge >= 0.3 is 0 Å². The van der Waals surface area contributed by atoms with E-state index in [0.717, 1.165) is 11.4 Å². The van der Waals surface area contributed by atoms with Crippen molar-refractivity contribution in [2.75, 3.05) is 4.90 Å². The third-order valence-corrected chi connectivity index (χ3v) is 13.2. The number of nitrogens with zero attached hydrogens (tertiary/aromatic N) is 1. The van der Waals surface area contributed by atoms with Crippen LogP contribution in [0.15, 0.2) is 200 Å². The van der Waals surface area contributed by atoms with Gasteiger partial charge in [0.15, 0.2) is 0 Å². The van der Waals surface area contributed by atoms with Gasteiger partial charge in [0.25, 0.3) is 0 Å². The molecule has 0 fully saturated rings. The monoisotopic (exact) mass is 745 g/mol. The van der Waals surface area contributed by atoms with E-state index < -0.39 is 0 Å². The van der Waals surface area contributed by atoms with Crippen molar-refractivity contribution in [3.63, 3.8) is 0 Å². The number of hydrogen-bond acceptors (Lipinski definition) is 2. The Bertz CT molecular complexity index is 3100. The largest absolute Gasteiger partial charge is 0.310 e. The molecular weight excluding hydrogens is 707 g/mol. The van der Waals surface area contributed by atoms with Gasteiger partial charge in [-0.2, -0.15) is 0 Å². The summed E-state index contributed by atoms with van der Waals surface area (Å²) in [6.07, 6.45) is 0. The van der Waals surface area contributed by atoms with Gasteiger partial charge in [-0.15, -0.1) is 11.3 Å². The predicted octanol–water partition coefficient (Wildman–Crippen LogP) is 16.0. The minimum atomic E-state index is -0.131. The molecule has 0 aliphatic heterocycles. The van der Waals surface area contributed by atoms with Crippen molar-refractivity contribution >= 4 is 59.3 Å². The standard InChI is InChI=1S/C55H39NS/c1-55(2)47-26-11-9-23-45(47)53-48(55)27-15-28-49(53)56(43-34-40(36-16-5-3-6-17-36)32-41(35-43)37-18-7-4-8-19-37)42-22-13-21-39(33-42)44-25-14-20-38-30-31-51-54(52(38)44)46-24-10-12-29-50(46)57-51/h3-35H,1-2H3. The van der Waals surface area contributed by atoms with Crippen LogP contribution in [-0.2, 0) is 5.41 Å². The fourth-order valence-electron chi connectivity index (χ4n) is 9.33. The van der Waals surface area contributed by atoms with E-state index >= 15 is 0 Å². The lowest BCUT2D eigenvalue weighted by Gasteiger charge is -2.30. The van der Waals surface area contributed by atoms with Crippen molar-refractivity contribution in [2.24, 2.45) is 0 Å². The molecule has 0 saturated carbocycles. The van der Waals surface area contributed by atoms with E-state index in [9.17, 15) is 0 Å². The van der Waals surface area contributed by atoms with Gasteiger partial charge in [0.2, 0.25) is 0 Å². The lowest BCUT2D eigenvalue weighted by atomic mass is 9.82. The molecule has 10 aromatic rings. The third kappa shape index (κ3) is 5.44. The summed E-state index contributed by atoms with van der Waals surface area (Å²) in [5.74, 6) is 0. The Morgan fingerprint density at radius 2 is 1.02 bits per heavy atom. The third-order valence-electron chi connectivity index (χ3n) is 12.0. The van der Waals surface area contributed by atoms with Gasteiger partial charge in [-0.05, 0) is 109 Å².